The van der Waals surface area contributed by atoms with Crippen LogP contribution in [0.4, 0.5) is 0 Å². The number of benzene rings is 2. The van der Waals surface area contributed by atoms with Gasteiger partial charge in [0, 0.05) is 10.9 Å². The van der Waals surface area contributed by atoms with Crippen molar-refractivity contribution >= 4 is 16.9 Å². The van der Waals surface area contributed by atoms with Crippen molar-refractivity contribution in [2.45, 2.75) is 13.8 Å². The number of ether oxygens (including phenoxy) is 2. The molecule has 0 bridgehead atoms. The van der Waals surface area contributed by atoms with Crippen LogP contribution in [-0.4, -0.2) is 24.8 Å². The van der Waals surface area contributed by atoms with Crippen molar-refractivity contribution in [1.29, 1.82) is 0 Å². The van der Waals surface area contributed by atoms with Gasteiger partial charge in [-0.15, -0.1) is 0 Å². The van der Waals surface area contributed by atoms with Crippen LogP contribution in [0.5, 0.6) is 11.5 Å². The van der Waals surface area contributed by atoms with Crippen LogP contribution in [0.15, 0.2) is 40.8 Å². The summed E-state index contributed by atoms with van der Waals surface area (Å²) in [6.07, 6.45) is 0. The molecule has 3 aromatic rings. The van der Waals surface area contributed by atoms with Crippen LogP contribution in [0, 0.1) is 6.92 Å². The topological polar surface area (TPSA) is 68.9 Å². The molecule has 1 aromatic heterocycles. The molecule has 0 fully saturated rings. The third kappa shape index (κ3) is 2.69. The SMILES string of the molecule is CCOC(=O)c1c(C)oc2c(-c3ccc(OC)cc3)cc(O)cc12. The number of rotatable bonds is 4. The number of carbonyl (C=O) groups excluding carboxylic acids is 1. The monoisotopic (exact) mass is 326 g/mol. The van der Waals surface area contributed by atoms with E-state index in [1.54, 1.807) is 27.0 Å². The number of furan rings is 1. The van der Waals surface area contributed by atoms with E-state index in [-0.39, 0.29) is 12.4 Å². The molecule has 1 heterocycles. The van der Waals surface area contributed by atoms with Gasteiger partial charge in [0.1, 0.15) is 28.4 Å². The second-order valence-electron chi connectivity index (χ2n) is 5.35. The average molecular weight is 326 g/mol. The molecule has 124 valence electrons. The Morgan fingerprint density at radius 2 is 1.92 bits per heavy atom. The molecule has 0 radical (unpaired) electrons. The minimum absolute atomic E-state index is 0.0552. The molecule has 5 heteroatoms. The van der Waals surface area contributed by atoms with Crippen LogP contribution in [0.2, 0.25) is 0 Å². The summed E-state index contributed by atoms with van der Waals surface area (Å²) in [4.78, 5) is 12.2. The zero-order chi connectivity index (χ0) is 17.3. The molecule has 0 aliphatic heterocycles. The highest BCUT2D eigenvalue weighted by atomic mass is 16.5. The van der Waals surface area contributed by atoms with Gasteiger partial charge >= 0.3 is 5.97 Å². The van der Waals surface area contributed by atoms with Gasteiger partial charge in [0.15, 0.2) is 0 Å². The molecule has 0 saturated heterocycles. The van der Waals surface area contributed by atoms with Gasteiger partial charge < -0.3 is 19.0 Å². The Morgan fingerprint density at radius 3 is 2.54 bits per heavy atom. The van der Waals surface area contributed by atoms with Crippen LogP contribution in [0.25, 0.3) is 22.1 Å². The second-order valence-corrected chi connectivity index (χ2v) is 5.35. The van der Waals surface area contributed by atoms with E-state index in [1.165, 1.54) is 6.07 Å². The third-order valence-corrected chi connectivity index (χ3v) is 3.83. The van der Waals surface area contributed by atoms with Gasteiger partial charge in [-0.2, -0.15) is 0 Å². The van der Waals surface area contributed by atoms with E-state index in [1.807, 2.05) is 24.3 Å². The molecule has 0 aliphatic rings. The van der Waals surface area contributed by atoms with E-state index in [4.69, 9.17) is 13.9 Å². The first-order chi connectivity index (χ1) is 11.5. The van der Waals surface area contributed by atoms with Gasteiger partial charge in [-0.1, -0.05) is 12.1 Å². The predicted molar refractivity (Wildman–Crippen MR) is 90.6 cm³/mol. The zero-order valence-electron chi connectivity index (χ0n) is 13.8. The number of methoxy groups -OCH3 is 1. The fourth-order valence-electron chi connectivity index (χ4n) is 2.74. The molecule has 2 aromatic carbocycles. The van der Waals surface area contributed by atoms with Gasteiger partial charge in [-0.3, -0.25) is 0 Å². The number of esters is 1. The van der Waals surface area contributed by atoms with Crippen LogP contribution in [0.1, 0.15) is 23.0 Å². The van der Waals surface area contributed by atoms with Crippen molar-refractivity contribution in [1.82, 2.24) is 0 Å². The first kappa shape index (κ1) is 15.9. The van der Waals surface area contributed by atoms with Gasteiger partial charge in [0.25, 0.3) is 0 Å². The largest absolute Gasteiger partial charge is 0.508 e. The quantitative estimate of drug-likeness (QED) is 0.724. The molecule has 5 nitrogen and oxygen atoms in total. The van der Waals surface area contributed by atoms with Crippen LogP contribution in [0.3, 0.4) is 0 Å². The summed E-state index contributed by atoms with van der Waals surface area (Å²) < 4.78 is 16.1. The summed E-state index contributed by atoms with van der Waals surface area (Å²) in [5.41, 5.74) is 2.43. The van der Waals surface area contributed by atoms with Gasteiger partial charge in [0.2, 0.25) is 0 Å². The van der Waals surface area contributed by atoms with Crippen LogP contribution in [-0.2, 0) is 4.74 Å². The Bertz CT molecular complexity index is 890. The maximum atomic E-state index is 12.2. The molecule has 1 N–H and O–H groups in total. The lowest BCUT2D eigenvalue weighted by molar-refractivity contribution is 0.0526. The fraction of sp³-hybridized carbons (Fsp3) is 0.211. The predicted octanol–water partition coefficient (Wildman–Crippen LogP) is 4.30. The number of aryl methyl sites for hydroxylation is 1. The van der Waals surface area contributed by atoms with Crippen molar-refractivity contribution in [3.63, 3.8) is 0 Å². The summed E-state index contributed by atoms with van der Waals surface area (Å²) in [5, 5.41) is 10.6. The van der Waals surface area contributed by atoms with E-state index in [0.717, 1.165) is 11.3 Å². The molecule has 0 unspecified atom stereocenters. The molecule has 0 spiro atoms. The first-order valence-electron chi connectivity index (χ1n) is 7.62. The number of hydrogen-bond acceptors (Lipinski definition) is 5. The summed E-state index contributed by atoms with van der Waals surface area (Å²) >= 11 is 0. The molecule has 0 amide bonds. The zero-order valence-corrected chi connectivity index (χ0v) is 13.8. The lowest BCUT2D eigenvalue weighted by Crippen LogP contribution is -2.05. The Hall–Kier alpha value is -2.95. The van der Waals surface area contributed by atoms with Crippen LogP contribution < -0.4 is 4.74 Å². The number of carbonyl (C=O) groups is 1. The normalized spacial score (nSPS) is 10.8. The van der Waals surface area contributed by atoms with Crippen molar-refractivity contribution in [3.8, 4) is 22.6 Å². The molecule has 3 rings (SSSR count). The average Bonchev–Trinajstić information content (AvgIpc) is 2.90. The smallest absolute Gasteiger partial charge is 0.342 e. The minimum Gasteiger partial charge on any atom is -0.508 e. The fourth-order valence-corrected chi connectivity index (χ4v) is 2.74. The summed E-state index contributed by atoms with van der Waals surface area (Å²) in [7, 11) is 1.60. The van der Waals surface area contributed by atoms with E-state index in [2.05, 4.69) is 0 Å². The maximum absolute atomic E-state index is 12.2. The first-order valence-corrected chi connectivity index (χ1v) is 7.62. The highest BCUT2D eigenvalue weighted by molar-refractivity contribution is 6.08. The van der Waals surface area contributed by atoms with Crippen molar-refractivity contribution in [2.24, 2.45) is 0 Å². The molecular formula is C19H18O5. The Balaban J connectivity index is 2.22. The highest BCUT2D eigenvalue weighted by Gasteiger charge is 2.22. The number of aromatic hydroxyl groups is 1. The lowest BCUT2D eigenvalue weighted by atomic mass is 10.0. The van der Waals surface area contributed by atoms with E-state index < -0.39 is 5.97 Å². The number of hydrogen-bond donors (Lipinski definition) is 1. The molecular weight excluding hydrogens is 308 g/mol. The standard InChI is InChI=1S/C19H18O5/c1-4-23-19(21)17-11(2)24-18-15(9-13(20)10-16(17)18)12-5-7-14(22-3)8-6-12/h5-10,20H,4H2,1-3H3. The molecule has 0 saturated carbocycles. The lowest BCUT2D eigenvalue weighted by Gasteiger charge is -2.06. The van der Waals surface area contributed by atoms with E-state index in [0.29, 0.717) is 27.9 Å². The third-order valence-electron chi connectivity index (χ3n) is 3.83. The summed E-state index contributed by atoms with van der Waals surface area (Å²) in [5.74, 6) is 0.793. The van der Waals surface area contributed by atoms with Crippen molar-refractivity contribution in [2.75, 3.05) is 13.7 Å². The van der Waals surface area contributed by atoms with Crippen LogP contribution >= 0.6 is 0 Å². The van der Waals surface area contributed by atoms with Crippen molar-refractivity contribution < 1.29 is 23.8 Å². The minimum atomic E-state index is -0.458. The van der Waals surface area contributed by atoms with Gasteiger partial charge in [-0.05, 0) is 43.7 Å². The maximum Gasteiger partial charge on any atom is 0.342 e. The molecule has 0 atom stereocenters. The Morgan fingerprint density at radius 1 is 1.21 bits per heavy atom. The highest BCUT2D eigenvalue weighted by Crippen LogP contribution is 2.38. The van der Waals surface area contributed by atoms with Crippen molar-refractivity contribution in [3.05, 3.63) is 47.7 Å². The summed E-state index contributed by atoms with van der Waals surface area (Å²) in [6.45, 7) is 3.73. The summed E-state index contributed by atoms with van der Waals surface area (Å²) in [6, 6.07) is 10.5. The number of phenolic OH excluding ortho intramolecular Hbond substituents is 1. The second kappa shape index (κ2) is 6.28. The molecule has 24 heavy (non-hydrogen) atoms. The number of fused-ring (bicyclic) bond motifs is 1. The van der Waals surface area contributed by atoms with E-state index in [9.17, 15) is 9.90 Å². The van der Waals surface area contributed by atoms with Gasteiger partial charge in [-0.25, -0.2) is 4.79 Å². The number of phenols is 1. The Labute approximate surface area is 139 Å². The van der Waals surface area contributed by atoms with Gasteiger partial charge in [0.05, 0.1) is 13.7 Å². The van der Waals surface area contributed by atoms with E-state index >= 15 is 0 Å². The Kier molecular flexibility index (Phi) is 4.16. The molecule has 0 aliphatic carbocycles.